The van der Waals surface area contributed by atoms with E-state index in [1.54, 1.807) is 42.5 Å². The molecule has 0 unspecified atom stereocenters. The lowest BCUT2D eigenvalue weighted by Crippen LogP contribution is -2.02. The van der Waals surface area contributed by atoms with Crippen molar-refractivity contribution in [2.24, 2.45) is 0 Å². The number of nitrogens with zero attached hydrogens (tertiary/aromatic N) is 1. The van der Waals surface area contributed by atoms with Crippen molar-refractivity contribution in [2.45, 2.75) is 34.1 Å². The first-order valence-electron chi connectivity index (χ1n) is 9.79. The van der Waals surface area contributed by atoms with Gasteiger partial charge in [0.25, 0.3) is 0 Å². The Balaban J connectivity index is 0.00000106. The number of rotatable bonds is 5. The summed E-state index contributed by atoms with van der Waals surface area (Å²) in [6.07, 6.45) is 1.71. The highest BCUT2D eigenvalue weighted by molar-refractivity contribution is 6.30. The minimum absolute atomic E-state index is 0.0523. The van der Waals surface area contributed by atoms with Gasteiger partial charge in [-0.25, -0.2) is 14.2 Å². The van der Waals surface area contributed by atoms with Gasteiger partial charge in [0, 0.05) is 17.6 Å². The molecule has 0 radical (unpaired) electrons. The van der Waals surface area contributed by atoms with E-state index in [0.29, 0.717) is 33.0 Å². The Labute approximate surface area is 182 Å². The van der Waals surface area contributed by atoms with Crippen molar-refractivity contribution in [2.75, 3.05) is 7.11 Å². The molecule has 0 spiro atoms. The summed E-state index contributed by atoms with van der Waals surface area (Å²) in [5.41, 5.74) is 2.06. The maximum Gasteiger partial charge on any atom is 0.354 e. The summed E-state index contributed by atoms with van der Waals surface area (Å²) in [7, 11) is 1.48. The zero-order valence-corrected chi connectivity index (χ0v) is 18.6. The third-order valence-corrected chi connectivity index (χ3v) is 4.19. The number of hydrogen-bond donors (Lipinski definition) is 1. The van der Waals surface area contributed by atoms with Crippen molar-refractivity contribution in [1.82, 2.24) is 4.98 Å². The number of pyridine rings is 1. The summed E-state index contributed by atoms with van der Waals surface area (Å²) in [6, 6.07) is 13.3. The second-order valence-corrected chi connectivity index (χ2v) is 6.10. The number of carbonyl (C=O) groups is 1. The van der Waals surface area contributed by atoms with E-state index < -0.39 is 11.8 Å². The van der Waals surface area contributed by atoms with Crippen LogP contribution in [0.5, 0.6) is 5.75 Å². The molecule has 0 aliphatic carbocycles. The van der Waals surface area contributed by atoms with Gasteiger partial charge in [-0.1, -0.05) is 63.6 Å². The minimum Gasteiger partial charge on any atom is -0.496 e. The second-order valence-electron chi connectivity index (χ2n) is 5.66. The normalized spacial score (nSPS) is 9.57. The standard InChI is InChI=1S/C20H15ClFNO3.2C2H6/c1-26-17-8-6-14(9-12-5-7-16(20(24)25)23-11-12)19(22)18(17)13-3-2-4-15(21)10-13;2*1-2/h2-8,10-11H,9H2,1H3,(H,24,25);2*1-2H3. The van der Waals surface area contributed by atoms with Crippen LogP contribution in [0.3, 0.4) is 0 Å². The number of aromatic carboxylic acids is 1. The summed E-state index contributed by atoms with van der Waals surface area (Å²) in [4.78, 5) is 14.7. The van der Waals surface area contributed by atoms with Gasteiger partial charge in [0.15, 0.2) is 0 Å². The lowest BCUT2D eigenvalue weighted by molar-refractivity contribution is 0.0690. The van der Waals surface area contributed by atoms with Crippen molar-refractivity contribution in [3.05, 3.63) is 82.4 Å². The Morgan fingerprint density at radius 2 is 1.80 bits per heavy atom. The topological polar surface area (TPSA) is 59.4 Å². The predicted octanol–water partition coefficient (Wildman–Crippen LogP) is 6.89. The quantitative estimate of drug-likeness (QED) is 0.477. The Kier molecular flexibility index (Phi) is 10.6. The molecule has 3 rings (SSSR count). The zero-order valence-electron chi connectivity index (χ0n) is 17.9. The van der Waals surface area contributed by atoms with Crippen LogP contribution >= 0.6 is 11.6 Å². The molecule has 0 atom stereocenters. The third-order valence-electron chi connectivity index (χ3n) is 3.96. The van der Waals surface area contributed by atoms with Crippen LogP contribution in [-0.2, 0) is 6.42 Å². The molecule has 0 saturated carbocycles. The molecule has 2 aromatic carbocycles. The van der Waals surface area contributed by atoms with Crippen LogP contribution in [0.1, 0.15) is 49.3 Å². The number of aromatic nitrogens is 1. The van der Waals surface area contributed by atoms with Crippen LogP contribution in [0.4, 0.5) is 4.39 Å². The Morgan fingerprint density at radius 1 is 1.10 bits per heavy atom. The average molecular weight is 432 g/mol. The molecule has 0 fully saturated rings. The molecule has 3 aromatic rings. The summed E-state index contributed by atoms with van der Waals surface area (Å²) < 4.78 is 20.5. The lowest BCUT2D eigenvalue weighted by atomic mass is 9.97. The number of carboxylic acid groups (broad SMARTS) is 1. The van der Waals surface area contributed by atoms with Gasteiger partial charge in [-0.15, -0.1) is 0 Å². The Hall–Kier alpha value is -2.92. The number of halogens is 2. The van der Waals surface area contributed by atoms with Crippen LogP contribution in [-0.4, -0.2) is 23.2 Å². The van der Waals surface area contributed by atoms with E-state index in [2.05, 4.69) is 4.98 Å². The number of hydrogen-bond acceptors (Lipinski definition) is 3. The van der Waals surface area contributed by atoms with E-state index in [0.717, 1.165) is 0 Å². The molecule has 0 bridgehead atoms. The number of benzene rings is 2. The fraction of sp³-hybridized carbons (Fsp3) is 0.250. The lowest BCUT2D eigenvalue weighted by Gasteiger charge is -2.14. The average Bonchev–Trinajstić information content (AvgIpc) is 2.78. The molecule has 6 heteroatoms. The first kappa shape index (κ1) is 25.1. The first-order chi connectivity index (χ1) is 14.5. The molecular weight excluding hydrogens is 405 g/mol. The van der Waals surface area contributed by atoms with Gasteiger partial charge in [-0.3, -0.25) is 0 Å². The Bertz CT molecular complexity index is 959. The molecule has 1 N–H and O–H groups in total. The van der Waals surface area contributed by atoms with Crippen LogP contribution < -0.4 is 4.74 Å². The zero-order chi connectivity index (χ0) is 22.7. The highest BCUT2D eigenvalue weighted by Crippen LogP contribution is 2.36. The number of carboxylic acids is 1. The molecule has 0 amide bonds. The highest BCUT2D eigenvalue weighted by atomic mass is 35.5. The monoisotopic (exact) mass is 431 g/mol. The summed E-state index contributed by atoms with van der Waals surface area (Å²) in [6.45, 7) is 8.00. The third kappa shape index (κ3) is 6.29. The molecule has 30 heavy (non-hydrogen) atoms. The minimum atomic E-state index is -1.10. The van der Waals surface area contributed by atoms with Crippen molar-refractivity contribution < 1.29 is 19.0 Å². The van der Waals surface area contributed by atoms with Gasteiger partial charge in [0.05, 0.1) is 12.7 Å². The fourth-order valence-corrected chi connectivity index (χ4v) is 2.89. The summed E-state index contributed by atoms with van der Waals surface area (Å²) in [5, 5.41) is 9.41. The van der Waals surface area contributed by atoms with Gasteiger partial charge in [0.2, 0.25) is 0 Å². The highest BCUT2D eigenvalue weighted by Gasteiger charge is 2.17. The van der Waals surface area contributed by atoms with Crippen molar-refractivity contribution in [1.29, 1.82) is 0 Å². The van der Waals surface area contributed by atoms with Gasteiger partial charge < -0.3 is 9.84 Å². The fourth-order valence-electron chi connectivity index (χ4n) is 2.70. The molecule has 1 heterocycles. The van der Waals surface area contributed by atoms with Crippen LogP contribution in [0.2, 0.25) is 5.02 Å². The van der Waals surface area contributed by atoms with Crippen molar-refractivity contribution in [3.63, 3.8) is 0 Å². The second kappa shape index (κ2) is 12.6. The SMILES string of the molecule is CC.CC.COc1ccc(Cc2ccc(C(=O)O)nc2)c(F)c1-c1cccc(Cl)c1. The number of methoxy groups -OCH3 is 1. The molecule has 4 nitrogen and oxygen atoms in total. The molecule has 0 saturated heterocycles. The van der Waals surface area contributed by atoms with Crippen LogP contribution in [0.15, 0.2) is 54.7 Å². The molecule has 0 aliphatic heterocycles. The summed E-state index contributed by atoms with van der Waals surface area (Å²) in [5.74, 6) is -1.10. The van der Waals surface area contributed by atoms with Crippen molar-refractivity contribution >= 4 is 17.6 Å². The van der Waals surface area contributed by atoms with E-state index in [9.17, 15) is 4.79 Å². The van der Waals surface area contributed by atoms with E-state index in [1.807, 2.05) is 27.7 Å². The van der Waals surface area contributed by atoms with Crippen LogP contribution in [0, 0.1) is 5.82 Å². The molecular formula is C24H27ClFNO3. The van der Waals surface area contributed by atoms with Gasteiger partial charge in [0.1, 0.15) is 17.3 Å². The van der Waals surface area contributed by atoms with Crippen molar-refractivity contribution in [3.8, 4) is 16.9 Å². The van der Waals surface area contributed by atoms with E-state index in [4.69, 9.17) is 21.4 Å². The van der Waals surface area contributed by atoms with Gasteiger partial charge >= 0.3 is 5.97 Å². The first-order valence-corrected chi connectivity index (χ1v) is 10.2. The molecule has 0 aliphatic rings. The van der Waals surface area contributed by atoms with Gasteiger partial charge in [-0.2, -0.15) is 0 Å². The molecule has 1 aromatic heterocycles. The largest absolute Gasteiger partial charge is 0.496 e. The van der Waals surface area contributed by atoms with Gasteiger partial charge in [-0.05, 0) is 41.0 Å². The summed E-state index contributed by atoms with van der Waals surface area (Å²) >= 11 is 6.03. The van der Waals surface area contributed by atoms with Crippen LogP contribution in [0.25, 0.3) is 11.1 Å². The Morgan fingerprint density at radius 3 is 2.33 bits per heavy atom. The smallest absolute Gasteiger partial charge is 0.354 e. The van der Waals surface area contributed by atoms with E-state index in [1.165, 1.54) is 19.4 Å². The van der Waals surface area contributed by atoms with E-state index >= 15 is 4.39 Å². The number of ether oxygens (including phenoxy) is 1. The maximum absolute atomic E-state index is 15.2. The predicted molar refractivity (Wildman–Crippen MR) is 120 cm³/mol. The molecule has 160 valence electrons. The van der Waals surface area contributed by atoms with E-state index in [-0.39, 0.29) is 12.1 Å². The maximum atomic E-state index is 15.2.